The summed E-state index contributed by atoms with van der Waals surface area (Å²) in [7, 11) is 1.82. The molecule has 1 aliphatic rings. The van der Waals surface area contributed by atoms with Crippen LogP contribution in [0.5, 0.6) is 5.75 Å². The molecule has 3 rings (SSSR count). The number of fused-ring (bicyclic) bond motifs is 1. The third kappa shape index (κ3) is 4.28. The maximum atomic E-state index is 5.73. The first-order valence-corrected chi connectivity index (χ1v) is 8.57. The van der Waals surface area contributed by atoms with E-state index in [-0.39, 0.29) is 0 Å². The Labute approximate surface area is 144 Å². The van der Waals surface area contributed by atoms with Crippen LogP contribution in [0.15, 0.2) is 59.6 Å². The molecule has 2 aromatic rings. The fourth-order valence-corrected chi connectivity index (χ4v) is 3.04. The molecule has 0 saturated carbocycles. The highest BCUT2D eigenvalue weighted by molar-refractivity contribution is 5.79. The molecule has 2 aromatic carbocycles. The van der Waals surface area contributed by atoms with Gasteiger partial charge in [0, 0.05) is 26.1 Å². The van der Waals surface area contributed by atoms with Crippen molar-refractivity contribution >= 4 is 5.96 Å². The Morgan fingerprint density at radius 2 is 1.88 bits per heavy atom. The molecule has 1 heterocycles. The molecule has 1 aliphatic heterocycles. The summed E-state index contributed by atoms with van der Waals surface area (Å²) in [6.07, 6.45) is 2.02. The lowest BCUT2D eigenvalue weighted by Crippen LogP contribution is -2.40. The first-order valence-electron chi connectivity index (χ1n) is 8.57. The minimum Gasteiger partial charge on any atom is -0.493 e. The molecule has 0 amide bonds. The van der Waals surface area contributed by atoms with Crippen molar-refractivity contribution in [2.75, 3.05) is 26.7 Å². The van der Waals surface area contributed by atoms with Crippen molar-refractivity contribution in [3.05, 3.63) is 65.7 Å². The predicted octanol–water partition coefficient (Wildman–Crippen LogP) is 2.96. The Bertz CT molecular complexity index is 670. The highest BCUT2D eigenvalue weighted by Crippen LogP contribution is 2.32. The molecule has 1 unspecified atom stereocenters. The summed E-state index contributed by atoms with van der Waals surface area (Å²) in [5.41, 5.74) is 2.62. The predicted molar refractivity (Wildman–Crippen MR) is 98.8 cm³/mol. The van der Waals surface area contributed by atoms with E-state index in [1.807, 2.05) is 19.2 Å². The van der Waals surface area contributed by atoms with Gasteiger partial charge in [0.2, 0.25) is 0 Å². The van der Waals surface area contributed by atoms with Gasteiger partial charge in [-0.25, -0.2) is 0 Å². The van der Waals surface area contributed by atoms with Crippen molar-refractivity contribution in [1.82, 2.24) is 10.6 Å². The van der Waals surface area contributed by atoms with Crippen LogP contribution in [0.2, 0.25) is 0 Å². The van der Waals surface area contributed by atoms with Gasteiger partial charge in [-0.3, -0.25) is 4.99 Å². The summed E-state index contributed by atoms with van der Waals surface area (Å²) in [4.78, 5) is 4.32. The lowest BCUT2D eigenvalue weighted by atomic mass is 9.93. The van der Waals surface area contributed by atoms with Crippen LogP contribution in [0.3, 0.4) is 0 Å². The largest absolute Gasteiger partial charge is 0.493 e. The van der Waals surface area contributed by atoms with E-state index in [0.29, 0.717) is 5.92 Å². The SMILES string of the molecule is CN=C(NCCc1ccccc1)NCC1CCOc2ccccc21. The smallest absolute Gasteiger partial charge is 0.191 e. The van der Waals surface area contributed by atoms with Gasteiger partial charge < -0.3 is 15.4 Å². The standard InChI is InChI=1S/C20H25N3O/c1-21-20(22-13-11-16-7-3-2-4-8-16)23-15-17-12-14-24-19-10-6-5-9-18(17)19/h2-10,17H,11-15H2,1H3,(H2,21,22,23). The fourth-order valence-electron chi connectivity index (χ4n) is 3.04. The molecule has 0 spiro atoms. The quantitative estimate of drug-likeness (QED) is 0.657. The maximum Gasteiger partial charge on any atom is 0.191 e. The van der Waals surface area contributed by atoms with E-state index in [2.05, 4.69) is 58.1 Å². The number of hydrogen-bond acceptors (Lipinski definition) is 2. The van der Waals surface area contributed by atoms with Crippen molar-refractivity contribution in [3.63, 3.8) is 0 Å². The van der Waals surface area contributed by atoms with Crippen LogP contribution in [0.1, 0.15) is 23.5 Å². The number of guanidine groups is 1. The van der Waals surface area contributed by atoms with Crippen molar-refractivity contribution in [3.8, 4) is 5.75 Å². The topological polar surface area (TPSA) is 45.7 Å². The number of nitrogens with zero attached hydrogens (tertiary/aromatic N) is 1. The first-order chi connectivity index (χ1) is 11.9. The molecule has 4 nitrogen and oxygen atoms in total. The van der Waals surface area contributed by atoms with Gasteiger partial charge in [-0.2, -0.15) is 0 Å². The van der Waals surface area contributed by atoms with Gasteiger partial charge in [-0.1, -0.05) is 48.5 Å². The third-order valence-corrected chi connectivity index (χ3v) is 4.37. The Kier molecular flexibility index (Phi) is 5.72. The molecular formula is C20H25N3O. The van der Waals surface area contributed by atoms with Crippen molar-refractivity contribution in [1.29, 1.82) is 0 Å². The van der Waals surface area contributed by atoms with Crippen LogP contribution in [0, 0.1) is 0 Å². The molecule has 4 heteroatoms. The average Bonchev–Trinajstić information content (AvgIpc) is 2.65. The van der Waals surface area contributed by atoms with E-state index in [0.717, 1.165) is 44.2 Å². The van der Waals surface area contributed by atoms with Gasteiger partial charge in [0.25, 0.3) is 0 Å². The van der Waals surface area contributed by atoms with Gasteiger partial charge in [0.1, 0.15) is 5.75 Å². The molecule has 0 aliphatic carbocycles. The molecule has 0 saturated heterocycles. The summed E-state index contributed by atoms with van der Waals surface area (Å²) >= 11 is 0. The molecule has 24 heavy (non-hydrogen) atoms. The average molecular weight is 323 g/mol. The number of benzene rings is 2. The number of para-hydroxylation sites is 1. The maximum absolute atomic E-state index is 5.73. The Morgan fingerprint density at radius 1 is 1.08 bits per heavy atom. The van der Waals surface area contributed by atoms with E-state index in [9.17, 15) is 0 Å². The molecule has 1 atom stereocenters. The van der Waals surface area contributed by atoms with Crippen LogP contribution >= 0.6 is 0 Å². The molecule has 0 aromatic heterocycles. The molecular weight excluding hydrogens is 298 g/mol. The highest BCUT2D eigenvalue weighted by atomic mass is 16.5. The minimum absolute atomic E-state index is 0.461. The van der Waals surface area contributed by atoms with E-state index < -0.39 is 0 Å². The molecule has 0 fully saturated rings. The third-order valence-electron chi connectivity index (χ3n) is 4.37. The Hall–Kier alpha value is -2.49. The molecule has 126 valence electrons. The van der Waals surface area contributed by atoms with Gasteiger partial charge in [-0.15, -0.1) is 0 Å². The highest BCUT2D eigenvalue weighted by Gasteiger charge is 2.20. The monoisotopic (exact) mass is 323 g/mol. The van der Waals surface area contributed by atoms with Gasteiger partial charge in [0.15, 0.2) is 5.96 Å². The Morgan fingerprint density at radius 3 is 2.71 bits per heavy atom. The van der Waals surface area contributed by atoms with Crippen molar-refractivity contribution in [2.45, 2.75) is 18.8 Å². The number of aliphatic imine (C=N–C) groups is 1. The summed E-state index contributed by atoms with van der Waals surface area (Å²) < 4.78 is 5.73. The Balaban J connectivity index is 1.48. The summed E-state index contributed by atoms with van der Waals surface area (Å²) in [6, 6.07) is 18.8. The first kappa shape index (κ1) is 16.4. The minimum atomic E-state index is 0.461. The normalized spacial score (nSPS) is 16.9. The van der Waals surface area contributed by atoms with E-state index >= 15 is 0 Å². The van der Waals surface area contributed by atoms with Gasteiger partial charge in [0.05, 0.1) is 6.61 Å². The summed E-state index contributed by atoms with van der Waals surface area (Å²) in [5, 5.41) is 6.84. The van der Waals surface area contributed by atoms with Crippen LogP contribution in [-0.2, 0) is 6.42 Å². The molecule has 0 bridgehead atoms. The second-order valence-corrected chi connectivity index (χ2v) is 5.99. The second-order valence-electron chi connectivity index (χ2n) is 5.99. The number of nitrogens with one attached hydrogen (secondary N) is 2. The summed E-state index contributed by atoms with van der Waals surface area (Å²) in [6.45, 7) is 2.52. The van der Waals surface area contributed by atoms with Crippen LogP contribution < -0.4 is 15.4 Å². The van der Waals surface area contributed by atoms with Crippen LogP contribution in [-0.4, -0.2) is 32.7 Å². The lowest BCUT2D eigenvalue weighted by molar-refractivity contribution is 0.267. The van der Waals surface area contributed by atoms with Crippen LogP contribution in [0.4, 0.5) is 0 Å². The zero-order valence-corrected chi connectivity index (χ0v) is 14.2. The number of ether oxygens (including phenoxy) is 1. The summed E-state index contributed by atoms with van der Waals surface area (Å²) in [5.74, 6) is 2.33. The number of hydrogen-bond donors (Lipinski definition) is 2. The van der Waals surface area contributed by atoms with Gasteiger partial charge in [-0.05, 0) is 30.0 Å². The van der Waals surface area contributed by atoms with E-state index in [4.69, 9.17) is 4.74 Å². The fraction of sp³-hybridized carbons (Fsp3) is 0.350. The zero-order valence-electron chi connectivity index (χ0n) is 14.2. The lowest BCUT2D eigenvalue weighted by Gasteiger charge is -2.26. The van der Waals surface area contributed by atoms with Crippen molar-refractivity contribution in [2.24, 2.45) is 4.99 Å². The molecule has 0 radical (unpaired) electrons. The zero-order chi connectivity index (χ0) is 16.6. The van der Waals surface area contributed by atoms with E-state index in [1.54, 1.807) is 0 Å². The van der Waals surface area contributed by atoms with Crippen LogP contribution in [0.25, 0.3) is 0 Å². The van der Waals surface area contributed by atoms with Gasteiger partial charge >= 0.3 is 0 Å². The van der Waals surface area contributed by atoms with Crippen molar-refractivity contribution < 1.29 is 4.74 Å². The van der Waals surface area contributed by atoms with E-state index in [1.165, 1.54) is 11.1 Å². The second kappa shape index (κ2) is 8.39. The molecule has 2 N–H and O–H groups in total. The number of rotatable bonds is 5.